The fourth-order valence-corrected chi connectivity index (χ4v) is 3.37. The average Bonchev–Trinajstić information content (AvgIpc) is 2.83. The van der Waals surface area contributed by atoms with Crippen LogP contribution in [0.3, 0.4) is 0 Å². The number of guanidine groups is 1. The van der Waals surface area contributed by atoms with Gasteiger partial charge in [0, 0.05) is 18.7 Å². The molecule has 15 heteroatoms. The number of hydrogen-bond donors (Lipinski definition) is 9. The van der Waals surface area contributed by atoms with E-state index >= 15 is 0 Å². The third kappa shape index (κ3) is 12.1. The number of hydrogen-bond acceptors (Lipinski definition) is 8. The molecule has 0 aliphatic rings. The predicted octanol–water partition coefficient (Wildman–Crippen LogP) is -2.45. The number of nitrogens with one attached hydrogen (secondary N) is 3. The van der Waals surface area contributed by atoms with E-state index in [-0.39, 0.29) is 37.5 Å². The molecule has 1 aromatic rings. The van der Waals surface area contributed by atoms with Gasteiger partial charge in [0.2, 0.25) is 17.7 Å². The number of aliphatic imine (C=N–C) groups is 1. The van der Waals surface area contributed by atoms with Gasteiger partial charge in [-0.1, -0.05) is 30.3 Å². The number of aliphatic carboxylic acids is 2. The Morgan fingerprint density at radius 1 is 0.892 bits per heavy atom. The van der Waals surface area contributed by atoms with Crippen LogP contribution >= 0.6 is 12.6 Å². The highest BCUT2D eigenvalue weighted by Crippen LogP contribution is 2.07. The molecule has 0 heterocycles. The minimum Gasteiger partial charge on any atom is -0.481 e. The van der Waals surface area contributed by atoms with Crippen LogP contribution in [0.1, 0.15) is 24.8 Å². The lowest BCUT2D eigenvalue weighted by molar-refractivity contribution is -0.141. The van der Waals surface area contributed by atoms with Crippen LogP contribution in [0.2, 0.25) is 0 Å². The van der Waals surface area contributed by atoms with Crippen molar-refractivity contribution in [2.45, 2.75) is 49.9 Å². The number of nitrogens with two attached hydrogens (primary N) is 3. The van der Waals surface area contributed by atoms with E-state index in [0.717, 1.165) is 0 Å². The first-order valence-corrected chi connectivity index (χ1v) is 11.9. The molecule has 0 aromatic heterocycles. The van der Waals surface area contributed by atoms with Crippen LogP contribution in [-0.2, 0) is 30.4 Å². The van der Waals surface area contributed by atoms with Gasteiger partial charge in [0.1, 0.15) is 18.1 Å². The summed E-state index contributed by atoms with van der Waals surface area (Å²) in [5.41, 5.74) is 16.9. The Morgan fingerprint density at radius 2 is 1.46 bits per heavy atom. The van der Waals surface area contributed by atoms with Crippen LogP contribution in [0.25, 0.3) is 0 Å². The van der Waals surface area contributed by atoms with E-state index in [4.69, 9.17) is 22.3 Å². The number of rotatable bonds is 16. The normalized spacial score (nSPS) is 13.8. The highest BCUT2D eigenvalue weighted by molar-refractivity contribution is 7.80. The minimum absolute atomic E-state index is 0.0184. The molecule has 0 spiro atoms. The fraction of sp³-hybridized carbons (Fsp3) is 0.455. The molecule has 0 saturated heterocycles. The van der Waals surface area contributed by atoms with E-state index < -0.39 is 60.2 Å². The lowest BCUT2D eigenvalue weighted by Gasteiger charge is -2.25. The summed E-state index contributed by atoms with van der Waals surface area (Å²) < 4.78 is 0. The Balaban J connectivity index is 3.11. The minimum atomic E-state index is -1.42. The third-order valence-electron chi connectivity index (χ3n) is 5.02. The standard InChI is InChI=1S/C22H33N7O7S/c23-13(10-17(30)31)18(32)27-14(7-4-8-26-22(24)25)19(33)28-15(9-12-5-2-1-3-6-12)20(34)29-16(11-37)21(35)36/h1-3,5-6,13-16,37H,4,7-11,23H2,(H,27,32)(H,28,33)(H,29,34)(H,30,31)(H,35,36)(H4,24,25,26). The lowest BCUT2D eigenvalue weighted by atomic mass is 10.0. The highest BCUT2D eigenvalue weighted by atomic mass is 32.1. The number of nitrogens with zero attached hydrogens (tertiary/aromatic N) is 1. The summed E-state index contributed by atoms with van der Waals surface area (Å²) in [5, 5.41) is 25.4. The predicted molar refractivity (Wildman–Crippen MR) is 138 cm³/mol. The van der Waals surface area contributed by atoms with Gasteiger partial charge >= 0.3 is 11.9 Å². The maximum absolute atomic E-state index is 13.2. The molecule has 0 aliphatic heterocycles. The van der Waals surface area contributed by atoms with E-state index in [0.29, 0.717) is 5.56 Å². The van der Waals surface area contributed by atoms with Gasteiger partial charge in [0.05, 0.1) is 12.5 Å². The zero-order valence-electron chi connectivity index (χ0n) is 20.0. The van der Waals surface area contributed by atoms with Gasteiger partial charge in [-0.05, 0) is 18.4 Å². The van der Waals surface area contributed by atoms with Crippen molar-refractivity contribution >= 4 is 48.2 Å². The van der Waals surface area contributed by atoms with Crippen molar-refractivity contribution in [1.29, 1.82) is 0 Å². The molecule has 0 aliphatic carbocycles. The van der Waals surface area contributed by atoms with Gasteiger partial charge in [-0.25, -0.2) is 4.79 Å². The molecule has 37 heavy (non-hydrogen) atoms. The van der Waals surface area contributed by atoms with Crippen molar-refractivity contribution in [1.82, 2.24) is 16.0 Å². The van der Waals surface area contributed by atoms with Gasteiger partial charge < -0.3 is 43.4 Å². The fourth-order valence-electron chi connectivity index (χ4n) is 3.12. The molecule has 1 rings (SSSR count). The van der Waals surface area contributed by atoms with Crippen molar-refractivity contribution in [3.05, 3.63) is 35.9 Å². The zero-order chi connectivity index (χ0) is 28.0. The van der Waals surface area contributed by atoms with E-state index in [1.165, 1.54) is 0 Å². The molecule has 11 N–H and O–H groups in total. The highest BCUT2D eigenvalue weighted by Gasteiger charge is 2.30. The molecular weight excluding hydrogens is 506 g/mol. The van der Waals surface area contributed by atoms with Gasteiger partial charge in [0.25, 0.3) is 0 Å². The summed E-state index contributed by atoms with van der Waals surface area (Å²) in [6.45, 7) is 0.138. The van der Waals surface area contributed by atoms with E-state index in [2.05, 4.69) is 33.6 Å². The summed E-state index contributed by atoms with van der Waals surface area (Å²) in [6.07, 6.45) is -0.360. The molecular formula is C22H33N7O7S. The van der Waals surface area contributed by atoms with Gasteiger partial charge in [-0.3, -0.25) is 24.2 Å². The first-order chi connectivity index (χ1) is 17.4. The molecule has 1 aromatic carbocycles. The number of carbonyl (C=O) groups excluding carboxylic acids is 3. The Kier molecular flexibility index (Phi) is 13.5. The number of amides is 3. The quantitative estimate of drug-likeness (QED) is 0.0464. The SMILES string of the molecule is NC(N)=NCCCC(NC(=O)C(N)CC(=O)O)C(=O)NC(Cc1ccccc1)C(=O)NC(CS)C(=O)O. The Morgan fingerprint density at radius 3 is 2.00 bits per heavy atom. The van der Waals surface area contributed by atoms with Crippen LogP contribution in [-0.4, -0.2) is 82.3 Å². The maximum Gasteiger partial charge on any atom is 0.327 e. The second-order valence-corrected chi connectivity index (χ2v) is 8.41. The number of carbonyl (C=O) groups is 5. The second kappa shape index (κ2) is 16.0. The molecule has 4 unspecified atom stereocenters. The molecule has 0 saturated carbocycles. The molecule has 0 bridgehead atoms. The van der Waals surface area contributed by atoms with Crippen molar-refractivity contribution in [3.8, 4) is 0 Å². The smallest absolute Gasteiger partial charge is 0.327 e. The largest absolute Gasteiger partial charge is 0.481 e. The Bertz CT molecular complexity index is 973. The number of carboxylic acids is 2. The third-order valence-corrected chi connectivity index (χ3v) is 5.39. The topological polar surface area (TPSA) is 252 Å². The van der Waals surface area contributed by atoms with Crippen molar-refractivity contribution in [2.75, 3.05) is 12.3 Å². The van der Waals surface area contributed by atoms with E-state index in [1.807, 2.05) is 0 Å². The number of benzene rings is 1. The number of thiol groups is 1. The van der Waals surface area contributed by atoms with Gasteiger partial charge in [-0.15, -0.1) is 0 Å². The molecule has 204 valence electrons. The van der Waals surface area contributed by atoms with Crippen LogP contribution in [0, 0.1) is 0 Å². The van der Waals surface area contributed by atoms with Gasteiger partial charge in [0.15, 0.2) is 5.96 Å². The van der Waals surface area contributed by atoms with Crippen LogP contribution in [0.4, 0.5) is 0 Å². The van der Waals surface area contributed by atoms with Crippen molar-refractivity contribution < 1.29 is 34.2 Å². The van der Waals surface area contributed by atoms with E-state index in [1.54, 1.807) is 30.3 Å². The Labute approximate surface area is 218 Å². The van der Waals surface area contributed by atoms with Crippen molar-refractivity contribution in [3.63, 3.8) is 0 Å². The monoisotopic (exact) mass is 539 g/mol. The maximum atomic E-state index is 13.2. The van der Waals surface area contributed by atoms with Crippen LogP contribution in [0.15, 0.2) is 35.3 Å². The lowest BCUT2D eigenvalue weighted by Crippen LogP contribution is -2.58. The van der Waals surface area contributed by atoms with Gasteiger partial charge in [-0.2, -0.15) is 12.6 Å². The summed E-state index contributed by atoms with van der Waals surface area (Å²) in [7, 11) is 0. The average molecular weight is 540 g/mol. The van der Waals surface area contributed by atoms with Crippen LogP contribution in [0.5, 0.6) is 0 Å². The Hall–Kier alpha value is -3.85. The van der Waals surface area contributed by atoms with Crippen molar-refractivity contribution in [2.24, 2.45) is 22.2 Å². The summed E-state index contributed by atoms with van der Waals surface area (Å²) in [5.74, 6) is -5.36. The first-order valence-electron chi connectivity index (χ1n) is 11.3. The number of carboxylic acid groups (broad SMARTS) is 2. The molecule has 14 nitrogen and oxygen atoms in total. The molecule has 3 amide bonds. The molecule has 0 radical (unpaired) electrons. The second-order valence-electron chi connectivity index (χ2n) is 8.05. The summed E-state index contributed by atoms with van der Waals surface area (Å²) in [6, 6.07) is 3.54. The molecule has 4 atom stereocenters. The summed E-state index contributed by atoms with van der Waals surface area (Å²) >= 11 is 3.93. The van der Waals surface area contributed by atoms with Crippen LogP contribution < -0.4 is 33.2 Å². The first kappa shape index (κ1) is 31.2. The zero-order valence-corrected chi connectivity index (χ0v) is 20.9. The van der Waals surface area contributed by atoms with E-state index in [9.17, 15) is 29.1 Å². The molecule has 0 fully saturated rings. The summed E-state index contributed by atoms with van der Waals surface area (Å²) in [4.78, 5) is 64.6.